The van der Waals surface area contributed by atoms with E-state index in [-0.39, 0.29) is 57.4 Å². The van der Waals surface area contributed by atoms with Gasteiger partial charge in [-0.1, -0.05) is 60.7 Å². The molecule has 2 nitrogen and oxygen atoms in total. The summed E-state index contributed by atoms with van der Waals surface area (Å²) in [6, 6.07) is -7.20. The fourth-order valence-corrected chi connectivity index (χ4v) is 13.0. The summed E-state index contributed by atoms with van der Waals surface area (Å²) in [6.07, 6.45) is -33.5. The number of alkyl halides is 68. The van der Waals surface area contributed by atoms with Crippen LogP contribution >= 0.6 is 39.1 Å². The summed E-state index contributed by atoms with van der Waals surface area (Å²) in [5, 5.41) is -7.63. The van der Waals surface area contributed by atoms with Gasteiger partial charge in [0.2, 0.25) is 0 Å². The first-order valence-corrected chi connectivity index (χ1v) is 28.8. The van der Waals surface area contributed by atoms with Crippen LogP contribution in [0.3, 0.4) is 0 Å². The summed E-state index contributed by atoms with van der Waals surface area (Å²) in [6.45, 7) is 0. The van der Waals surface area contributed by atoms with Gasteiger partial charge in [0.15, 0.2) is 0 Å². The van der Waals surface area contributed by atoms with Crippen molar-refractivity contribution in [1.82, 2.24) is 0 Å². The molecule has 0 atom stereocenters. The van der Waals surface area contributed by atoms with Crippen molar-refractivity contribution in [2.24, 2.45) is 0 Å². The Labute approximate surface area is 627 Å². The molecule has 0 unspecified atom stereocenters. The third-order valence-corrected chi connectivity index (χ3v) is 21.0. The van der Waals surface area contributed by atoms with E-state index in [0.717, 1.165) is 0 Å². The molecular weight excluding hydrogens is 2090 g/mol. The molecule has 0 saturated heterocycles. The van der Waals surface area contributed by atoms with Gasteiger partial charge in [-0.3, -0.25) is 0 Å². The predicted molar refractivity (Wildman–Crippen MR) is 245 cm³/mol. The van der Waals surface area contributed by atoms with Crippen LogP contribution in [-0.2, 0) is 29.6 Å². The van der Waals surface area contributed by atoms with Gasteiger partial charge in [0, 0.05) is 31.0 Å². The molecule has 75 heteroatoms. The average molecular weight is 2100 g/mol. The number of benzene rings is 2. The third-order valence-electron chi connectivity index (χ3n) is 14.6. The molecule has 2 aromatic carbocycles. The van der Waals surface area contributed by atoms with E-state index in [4.69, 9.17) is 0 Å². The van der Waals surface area contributed by atoms with Crippen LogP contribution in [-0.4, -0.2) is 190 Å². The first kappa shape index (κ1) is 119. The Hall–Kier alpha value is -4.62. The summed E-state index contributed by atoms with van der Waals surface area (Å²) in [5.41, 5.74) is -38.3. The van der Waals surface area contributed by atoms with Gasteiger partial charge < -0.3 is 9.13 Å². The Morgan fingerprint density at radius 3 is 0.319 bits per heavy atom. The summed E-state index contributed by atoms with van der Waals surface area (Å²) in [5.74, 6) is -230. The fraction of sp³-hybridized carbons (Fsp3) is 0.727. The molecule has 2 aromatic rings. The Kier molecular flexibility index (Phi) is 30.7. The smallest absolute Gasteiger partial charge is 0.305 e. The molecule has 0 aliphatic heterocycles. The van der Waals surface area contributed by atoms with Gasteiger partial charge in [0.25, 0.3) is 14.3 Å². The molecule has 0 radical (unpaired) electrons. The number of hydrogen-bond acceptors (Lipinski definition) is 2. The first-order chi connectivity index (χ1) is 49.2. The van der Waals surface area contributed by atoms with Crippen molar-refractivity contribution in [3.63, 3.8) is 0 Å². The molecule has 0 heterocycles. The predicted octanol–water partition coefficient (Wildman–Crippen LogP) is 26.1. The Bertz CT molecular complexity index is 3460. The third kappa shape index (κ3) is 14.5. The zero-order valence-corrected chi connectivity index (χ0v) is 56.3. The monoisotopic (exact) mass is 2100 g/mol. The first-order valence-electron chi connectivity index (χ1n) is 25.4. The quantitative estimate of drug-likeness (QED) is 0.0444. The van der Waals surface area contributed by atoms with E-state index in [1.54, 1.807) is 0 Å². The van der Waals surface area contributed by atoms with Crippen LogP contribution in [0, 0.1) is 0 Å². The minimum absolute atomic E-state index is 0. The van der Waals surface area contributed by atoms with E-state index in [9.17, 15) is 273 Å². The molecule has 0 bridgehead atoms. The molecule has 2 rings (SSSR count). The van der Waals surface area contributed by atoms with Gasteiger partial charge in [-0.15, -0.1) is 24.8 Å². The van der Waals surface area contributed by atoms with Crippen LogP contribution in [0.4, 0.5) is 299 Å². The average Bonchev–Trinajstić information content (AvgIpc) is 0.670. The van der Waals surface area contributed by atoms with Gasteiger partial charge in [0.1, 0.15) is 0 Å². The largest absolute Gasteiger partial charge is 0.460 e. The van der Waals surface area contributed by atoms with E-state index >= 15 is 35.1 Å². The van der Waals surface area contributed by atoms with Crippen LogP contribution in [0.1, 0.15) is 0 Å². The van der Waals surface area contributed by atoms with Crippen molar-refractivity contribution < 1.29 is 328 Å². The van der Waals surface area contributed by atoms with Crippen molar-refractivity contribution in [2.45, 2.75) is 190 Å². The molecule has 0 aliphatic rings. The summed E-state index contributed by atoms with van der Waals surface area (Å²) in [4.78, 5) is 0. The Morgan fingerprint density at radius 1 is 0.143 bits per heavy atom. The van der Waals surface area contributed by atoms with Crippen molar-refractivity contribution in [1.29, 1.82) is 0 Å². The van der Waals surface area contributed by atoms with Crippen molar-refractivity contribution in [2.75, 3.05) is 0 Å². The van der Waals surface area contributed by atoms with E-state index in [0.29, 0.717) is 0 Å². The van der Waals surface area contributed by atoms with Crippen LogP contribution in [0.2, 0.25) is 0 Å². The molecule has 0 aliphatic carbocycles. The maximum absolute atomic E-state index is 15.2. The van der Waals surface area contributed by atoms with Crippen molar-refractivity contribution >= 4 is 49.7 Å². The van der Waals surface area contributed by atoms with E-state index in [2.05, 4.69) is 0 Å². The fourth-order valence-electron chi connectivity index (χ4n) is 7.69. The minimum atomic E-state index is -10.7. The molecule has 0 saturated carbocycles. The molecule has 0 N–H and O–H groups in total. The van der Waals surface area contributed by atoms with Gasteiger partial charge in [0.05, 0.1) is 0 Å². The zero-order valence-electron chi connectivity index (χ0n) is 51.3. The molecule has 0 spiro atoms. The number of hydrogen-bond donors (Lipinski definition) is 0. The summed E-state index contributed by atoms with van der Waals surface area (Å²) >= 11 is 0. The van der Waals surface area contributed by atoms with Gasteiger partial charge in [-0.25, -0.2) is 0 Å². The normalized spacial score (nSPS) is 16.4. The molecule has 710 valence electrons. The summed E-state index contributed by atoms with van der Waals surface area (Å²) < 4.78 is 961. The number of rotatable bonds is 30. The van der Waals surface area contributed by atoms with Gasteiger partial charge in [-0.05, 0) is 0 Å². The van der Waals surface area contributed by atoms with Crippen LogP contribution in [0.5, 0.6) is 0 Å². The minimum Gasteiger partial charge on any atom is -0.305 e. The van der Waals surface area contributed by atoms with Crippen molar-refractivity contribution in [3.05, 3.63) is 60.7 Å². The number of halogens is 70. The summed E-state index contributed by atoms with van der Waals surface area (Å²) in [7, 11) is -21.3. The molecule has 0 aromatic heterocycles. The van der Waals surface area contributed by atoms with Crippen LogP contribution in [0.15, 0.2) is 60.7 Å². The van der Waals surface area contributed by atoms with E-state index < -0.39 is 263 Å². The van der Waals surface area contributed by atoms with Gasteiger partial charge in [-0.2, -0.15) is 299 Å². The SMILES string of the molecule is Cl.Cl.O=P(c1ccccc1)(C(F)(F)C(F)(F)C(F)(F)C(F)(F)C(F)(F)C(F)(F)C(F)(F)C(F)(F)F)C(F)(F)C(F)(F)C(F)(F)C(F)(F)C(F)(F)C(F)(F)C(F)(F)C(F)(F)F.O=P(c1ccccc1)(C(F)(F)C(F)(F)C(F)(F)C(F)(F)C(F)(F)C(F)(F)C(F)(F)C(F)(F)F)C(F)(F)C(F)(F)C(F)(F)C(F)(F)C(F)(F)C(F)(F)C(F)(F)C(F)(F)F.[Pd]. The zero-order chi connectivity index (χ0) is 95.2. The second-order valence-corrected chi connectivity index (χ2v) is 27.5. The Balaban J connectivity index is -0.00000221. The van der Waals surface area contributed by atoms with E-state index in [1.807, 2.05) is 0 Å². The molecular formula is C44H12Cl2F68O2P2Pd. The maximum Gasteiger partial charge on any atom is 0.460 e. The van der Waals surface area contributed by atoms with Crippen LogP contribution in [0.25, 0.3) is 0 Å². The van der Waals surface area contributed by atoms with E-state index in [1.165, 1.54) is 0 Å². The van der Waals surface area contributed by atoms with Crippen LogP contribution < -0.4 is 10.6 Å². The molecule has 0 amide bonds. The topological polar surface area (TPSA) is 34.1 Å². The van der Waals surface area contributed by atoms with Gasteiger partial charge >= 0.3 is 190 Å². The Morgan fingerprint density at radius 2 is 0.227 bits per heavy atom. The standard InChI is InChI=1S/2C22H5F34OP.2ClH.Pd/c2*23-7(24,11(31,32)15(39,40)19(47,48)49)9(27,28)13(35,36)17(43,44)21(53,54)58(57,6-4-2-1-3-5-6)22(55,56)18(45,46)14(37,38)10(29,30)8(25,26)12(33,34)16(41,42)20(50,51)52;;;/h2*1-5H;2*1H;. The molecule has 119 heavy (non-hydrogen) atoms. The second-order valence-electron chi connectivity index (χ2n) is 21.8. The second kappa shape index (κ2) is 30.9. The van der Waals surface area contributed by atoms with Crippen molar-refractivity contribution in [3.8, 4) is 0 Å². The maximum atomic E-state index is 15.2. The molecule has 0 fully saturated rings.